The number of hydrogen-bond acceptors (Lipinski definition) is 7. The molecule has 2 aromatic carbocycles. The maximum absolute atomic E-state index is 12.9. The first-order chi connectivity index (χ1) is 14.0. The molecule has 0 atom stereocenters. The molecule has 0 saturated heterocycles. The van der Waals surface area contributed by atoms with Crippen LogP contribution >= 0.6 is 0 Å². The summed E-state index contributed by atoms with van der Waals surface area (Å²) in [6.07, 6.45) is 1.34. The van der Waals surface area contributed by atoms with Gasteiger partial charge in [0.25, 0.3) is 11.2 Å². The number of non-ortho nitro benzene ring substituents is 1. The molecule has 0 aliphatic carbocycles. The molecule has 0 aliphatic rings. The van der Waals surface area contributed by atoms with E-state index in [1.54, 1.807) is 31.2 Å². The molecule has 0 amide bonds. The number of hydrogen-bond donors (Lipinski definition) is 0. The Morgan fingerprint density at radius 3 is 2.79 bits per heavy atom. The van der Waals surface area contributed by atoms with Gasteiger partial charge in [-0.3, -0.25) is 19.5 Å². The Kier molecular flexibility index (Phi) is 4.55. The van der Waals surface area contributed by atoms with E-state index in [9.17, 15) is 19.7 Å². The van der Waals surface area contributed by atoms with Gasteiger partial charge < -0.3 is 9.15 Å². The van der Waals surface area contributed by atoms with Crippen LogP contribution in [-0.2, 0) is 11.3 Å². The molecule has 9 heteroatoms. The van der Waals surface area contributed by atoms with Crippen molar-refractivity contribution in [1.29, 1.82) is 0 Å². The van der Waals surface area contributed by atoms with Crippen LogP contribution in [0.5, 0.6) is 0 Å². The Bertz CT molecular complexity index is 1320. The third-order valence-corrected chi connectivity index (χ3v) is 4.51. The maximum atomic E-state index is 12.9. The summed E-state index contributed by atoms with van der Waals surface area (Å²) in [4.78, 5) is 39.9. The van der Waals surface area contributed by atoms with Gasteiger partial charge >= 0.3 is 5.97 Å². The molecule has 29 heavy (non-hydrogen) atoms. The fourth-order valence-corrected chi connectivity index (χ4v) is 3.16. The molecule has 0 saturated carbocycles. The Balaban J connectivity index is 1.86. The minimum absolute atomic E-state index is 0.00434. The van der Waals surface area contributed by atoms with E-state index in [0.717, 1.165) is 0 Å². The van der Waals surface area contributed by atoms with E-state index < -0.39 is 16.5 Å². The van der Waals surface area contributed by atoms with Crippen molar-refractivity contribution < 1.29 is 18.9 Å². The van der Waals surface area contributed by atoms with Crippen molar-refractivity contribution in [2.24, 2.45) is 0 Å². The smallest absolute Gasteiger partial charge is 0.374 e. The monoisotopic (exact) mass is 393 g/mol. The number of aromatic nitrogens is 2. The van der Waals surface area contributed by atoms with Gasteiger partial charge in [-0.05, 0) is 19.1 Å². The summed E-state index contributed by atoms with van der Waals surface area (Å²) < 4.78 is 12.0. The highest BCUT2D eigenvalue weighted by atomic mass is 16.6. The Morgan fingerprint density at radius 1 is 1.24 bits per heavy atom. The standard InChI is InChI=1S/C20H15N3O6/c1-2-28-20(25)18-15(13-5-3-4-6-17(13)29-18)10-22-11-21-16-8-7-12(23(26)27)9-14(16)19(22)24/h3-9,11H,2,10H2,1H3. The molecule has 0 unspecified atom stereocenters. The van der Waals surface area contributed by atoms with Crippen LogP contribution in [0.3, 0.4) is 0 Å². The minimum atomic E-state index is -0.629. The highest BCUT2D eigenvalue weighted by Crippen LogP contribution is 2.27. The van der Waals surface area contributed by atoms with Crippen LogP contribution in [0.1, 0.15) is 23.0 Å². The second-order valence-electron chi connectivity index (χ2n) is 6.26. The molecular formula is C20H15N3O6. The van der Waals surface area contributed by atoms with E-state index in [4.69, 9.17) is 9.15 Å². The lowest BCUT2D eigenvalue weighted by molar-refractivity contribution is -0.384. The Hall–Kier alpha value is -4.01. The predicted molar refractivity (Wildman–Crippen MR) is 104 cm³/mol. The first kappa shape index (κ1) is 18.4. The van der Waals surface area contributed by atoms with Gasteiger partial charge in [-0.1, -0.05) is 18.2 Å². The van der Waals surface area contributed by atoms with E-state index in [2.05, 4.69) is 4.98 Å². The van der Waals surface area contributed by atoms with Crippen LogP contribution in [0.15, 0.2) is 58.0 Å². The van der Waals surface area contributed by atoms with Gasteiger partial charge in [-0.2, -0.15) is 0 Å². The number of fused-ring (bicyclic) bond motifs is 2. The summed E-state index contributed by atoms with van der Waals surface area (Å²) in [5, 5.41) is 11.8. The fraction of sp³-hybridized carbons (Fsp3) is 0.150. The van der Waals surface area contributed by atoms with E-state index in [1.165, 1.54) is 29.1 Å². The third-order valence-electron chi connectivity index (χ3n) is 4.51. The quantitative estimate of drug-likeness (QED) is 0.290. The summed E-state index contributed by atoms with van der Waals surface area (Å²) in [5.74, 6) is -0.616. The van der Waals surface area contributed by atoms with Crippen LogP contribution < -0.4 is 5.56 Å². The highest BCUT2D eigenvalue weighted by Gasteiger charge is 2.22. The SMILES string of the molecule is CCOC(=O)c1oc2ccccc2c1Cn1cnc2ccc([N+](=O)[O-])cc2c1=O. The average Bonchev–Trinajstić information content (AvgIpc) is 3.08. The largest absolute Gasteiger partial charge is 0.460 e. The van der Waals surface area contributed by atoms with Gasteiger partial charge in [0.05, 0.1) is 35.3 Å². The van der Waals surface area contributed by atoms with Crippen molar-refractivity contribution in [1.82, 2.24) is 9.55 Å². The Morgan fingerprint density at radius 2 is 2.03 bits per heavy atom. The van der Waals surface area contributed by atoms with Gasteiger partial charge in [0.2, 0.25) is 5.76 Å². The number of nitro groups is 1. The molecule has 146 valence electrons. The van der Waals surface area contributed by atoms with E-state index >= 15 is 0 Å². The van der Waals surface area contributed by atoms with Gasteiger partial charge in [-0.25, -0.2) is 9.78 Å². The number of esters is 1. The van der Waals surface area contributed by atoms with Crippen LogP contribution in [0.25, 0.3) is 21.9 Å². The van der Waals surface area contributed by atoms with Gasteiger partial charge in [-0.15, -0.1) is 0 Å². The van der Waals surface area contributed by atoms with Crippen molar-refractivity contribution in [2.75, 3.05) is 6.61 Å². The predicted octanol–water partition coefficient (Wildman–Crippen LogP) is 3.28. The number of furan rings is 1. The summed E-state index contributed by atoms with van der Waals surface area (Å²) >= 11 is 0. The van der Waals surface area contributed by atoms with Gasteiger partial charge in [0.1, 0.15) is 5.58 Å². The maximum Gasteiger partial charge on any atom is 0.374 e. The number of benzene rings is 2. The molecule has 2 aromatic heterocycles. The normalized spacial score (nSPS) is 11.1. The van der Waals surface area contributed by atoms with Crippen molar-refractivity contribution in [2.45, 2.75) is 13.5 Å². The fourth-order valence-electron chi connectivity index (χ4n) is 3.16. The number of carbonyl (C=O) groups excluding carboxylic acids is 1. The number of para-hydroxylation sites is 1. The molecule has 0 spiro atoms. The highest BCUT2D eigenvalue weighted by molar-refractivity contribution is 5.96. The second kappa shape index (κ2) is 7.19. The zero-order valence-electron chi connectivity index (χ0n) is 15.3. The lowest BCUT2D eigenvalue weighted by Gasteiger charge is -2.07. The average molecular weight is 393 g/mol. The van der Waals surface area contributed by atoms with Gasteiger partial charge in [0, 0.05) is 23.1 Å². The lowest BCUT2D eigenvalue weighted by Crippen LogP contribution is -2.22. The van der Waals surface area contributed by atoms with Gasteiger partial charge in [0.15, 0.2) is 0 Å². The topological polar surface area (TPSA) is 117 Å². The first-order valence-corrected chi connectivity index (χ1v) is 8.80. The molecule has 9 nitrogen and oxygen atoms in total. The molecule has 0 bridgehead atoms. The zero-order chi connectivity index (χ0) is 20.5. The van der Waals surface area contributed by atoms with Crippen LogP contribution in [-0.4, -0.2) is 27.1 Å². The Labute approximate surface area is 163 Å². The summed E-state index contributed by atoms with van der Waals surface area (Å²) in [6, 6.07) is 11.0. The van der Waals surface area contributed by atoms with E-state index in [1.807, 2.05) is 0 Å². The third kappa shape index (κ3) is 3.22. The molecule has 4 rings (SSSR count). The van der Waals surface area contributed by atoms with E-state index in [0.29, 0.717) is 22.0 Å². The van der Waals surface area contributed by atoms with Crippen LogP contribution in [0, 0.1) is 10.1 Å². The number of ether oxygens (including phenoxy) is 1. The molecule has 2 heterocycles. The molecule has 0 N–H and O–H groups in total. The van der Waals surface area contributed by atoms with Crippen LogP contribution in [0.4, 0.5) is 5.69 Å². The molecule has 4 aromatic rings. The summed E-state index contributed by atoms with van der Waals surface area (Å²) in [6.45, 7) is 1.86. The van der Waals surface area contributed by atoms with Crippen LogP contribution in [0.2, 0.25) is 0 Å². The number of carbonyl (C=O) groups is 1. The zero-order valence-corrected chi connectivity index (χ0v) is 15.3. The number of rotatable bonds is 5. The molecule has 0 fully saturated rings. The van der Waals surface area contributed by atoms with Crippen molar-refractivity contribution in [3.8, 4) is 0 Å². The minimum Gasteiger partial charge on any atom is -0.460 e. The second-order valence-corrected chi connectivity index (χ2v) is 6.26. The first-order valence-electron chi connectivity index (χ1n) is 8.80. The number of nitrogens with zero attached hydrogens (tertiary/aromatic N) is 3. The molecule has 0 radical (unpaired) electrons. The number of nitro benzene ring substituents is 1. The molecule has 0 aliphatic heterocycles. The lowest BCUT2D eigenvalue weighted by atomic mass is 10.1. The van der Waals surface area contributed by atoms with Crippen molar-refractivity contribution in [3.63, 3.8) is 0 Å². The molecular weight excluding hydrogens is 378 g/mol. The summed E-state index contributed by atoms with van der Waals surface area (Å²) in [5.41, 5.74) is 0.657. The van der Waals surface area contributed by atoms with Crippen molar-refractivity contribution in [3.05, 3.63) is 80.6 Å². The summed E-state index contributed by atoms with van der Waals surface area (Å²) in [7, 11) is 0. The van der Waals surface area contributed by atoms with Crippen molar-refractivity contribution >= 4 is 33.5 Å². The van der Waals surface area contributed by atoms with E-state index in [-0.39, 0.29) is 30.0 Å².